The monoisotopic (exact) mass is 451 g/mol. The van der Waals surface area contributed by atoms with Crippen molar-refractivity contribution in [2.24, 2.45) is 0 Å². The second-order valence-corrected chi connectivity index (χ2v) is 7.37. The third kappa shape index (κ3) is 5.38. The van der Waals surface area contributed by atoms with Crippen LogP contribution in [-0.2, 0) is 11.0 Å². The molecule has 1 heterocycles. The number of carbonyl (C=O) groups is 1. The number of carbonyl (C=O) groups excluding carboxylic acids is 1. The molecule has 0 aliphatic heterocycles. The Kier molecular flexibility index (Phi) is 6.90. The summed E-state index contributed by atoms with van der Waals surface area (Å²) in [6.45, 7) is 3.59. The average Bonchev–Trinajstić information content (AvgIpc) is 3.17. The molecule has 31 heavy (non-hydrogen) atoms. The number of hydrogen-bond donors (Lipinski definition) is 1. The summed E-state index contributed by atoms with van der Waals surface area (Å²) in [6.07, 6.45) is -3.79. The molecule has 0 radical (unpaired) electrons. The molecule has 0 saturated carbocycles. The first-order valence-electron chi connectivity index (χ1n) is 9.64. The zero-order valence-electron chi connectivity index (χ0n) is 16.9. The molecule has 1 aromatic heterocycles. The molecular weight excluding hydrogens is 431 g/mol. The molecule has 1 amide bonds. The van der Waals surface area contributed by atoms with Crippen LogP contribution in [0.25, 0.3) is 5.69 Å². The highest BCUT2D eigenvalue weighted by molar-refractivity contribution is 6.32. The summed E-state index contributed by atoms with van der Waals surface area (Å²) in [6, 6.07) is 14.4. The maximum atomic E-state index is 13.2. The Labute approximate surface area is 182 Å². The molecule has 1 N–H and O–H groups in total. The molecule has 2 aromatic carbocycles. The van der Waals surface area contributed by atoms with Gasteiger partial charge in [-0.3, -0.25) is 4.79 Å². The van der Waals surface area contributed by atoms with Crippen LogP contribution in [0.5, 0.6) is 5.88 Å². The highest BCUT2D eigenvalue weighted by Gasteiger charge is 2.36. The van der Waals surface area contributed by atoms with Gasteiger partial charge in [-0.15, -0.1) is 0 Å². The topological polar surface area (TPSA) is 56.1 Å². The van der Waals surface area contributed by atoms with E-state index in [0.717, 1.165) is 22.7 Å². The van der Waals surface area contributed by atoms with Gasteiger partial charge in [-0.05, 0) is 36.1 Å². The van der Waals surface area contributed by atoms with Gasteiger partial charge in [0.2, 0.25) is 5.88 Å². The van der Waals surface area contributed by atoms with E-state index in [2.05, 4.69) is 10.4 Å². The van der Waals surface area contributed by atoms with Crippen molar-refractivity contribution < 1.29 is 22.7 Å². The van der Waals surface area contributed by atoms with Gasteiger partial charge in [0.15, 0.2) is 12.3 Å². The Balaban J connectivity index is 1.81. The van der Waals surface area contributed by atoms with E-state index in [0.29, 0.717) is 5.69 Å². The summed E-state index contributed by atoms with van der Waals surface area (Å²) in [7, 11) is 0. The molecule has 0 bridgehead atoms. The van der Waals surface area contributed by atoms with E-state index in [1.165, 1.54) is 12.1 Å². The number of anilines is 1. The number of amides is 1. The molecule has 9 heteroatoms. The van der Waals surface area contributed by atoms with E-state index in [1.54, 1.807) is 24.3 Å². The van der Waals surface area contributed by atoms with Crippen LogP contribution in [0, 0.1) is 0 Å². The largest absolute Gasteiger partial charge is 0.467 e. The zero-order valence-corrected chi connectivity index (χ0v) is 17.7. The Morgan fingerprint density at radius 2 is 1.87 bits per heavy atom. The van der Waals surface area contributed by atoms with E-state index >= 15 is 0 Å². The number of alkyl halides is 3. The summed E-state index contributed by atoms with van der Waals surface area (Å²) in [5.74, 6) is -0.518. The minimum atomic E-state index is -4.68. The van der Waals surface area contributed by atoms with Crippen molar-refractivity contribution in [1.29, 1.82) is 0 Å². The number of para-hydroxylation sites is 2. The van der Waals surface area contributed by atoms with Crippen molar-refractivity contribution in [2.45, 2.75) is 32.4 Å². The standard InChI is InChI=1S/C22H21ClF3N3O2/c1-3-14(2)15-8-4-6-10-17(15)27-20(30)13-31-21-12-19(22(24,25)26)28-29(21)18-11-7-5-9-16(18)23/h4-12,14H,3,13H2,1-2H3,(H,27,30). The maximum Gasteiger partial charge on any atom is 0.435 e. The molecule has 5 nitrogen and oxygen atoms in total. The van der Waals surface area contributed by atoms with Crippen LogP contribution >= 0.6 is 11.6 Å². The second-order valence-electron chi connectivity index (χ2n) is 6.96. The van der Waals surface area contributed by atoms with Gasteiger partial charge >= 0.3 is 6.18 Å². The van der Waals surface area contributed by atoms with Crippen LogP contribution in [0.1, 0.15) is 37.4 Å². The molecule has 3 aromatic rings. The second kappa shape index (κ2) is 9.43. The summed E-state index contributed by atoms with van der Waals surface area (Å²) in [5, 5.41) is 6.53. The van der Waals surface area contributed by atoms with Gasteiger partial charge in [0.25, 0.3) is 5.91 Å². The summed E-state index contributed by atoms with van der Waals surface area (Å²) < 4.78 is 45.9. The number of nitrogens with zero attached hydrogens (tertiary/aromatic N) is 2. The number of ether oxygens (including phenoxy) is 1. The molecule has 0 saturated heterocycles. The smallest absolute Gasteiger partial charge is 0.435 e. The van der Waals surface area contributed by atoms with E-state index in [4.69, 9.17) is 16.3 Å². The minimum absolute atomic E-state index is 0.191. The van der Waals surface area contributed by atoms with Crippen molar-refractivity contribution in [2.75, 3.05) is 11.9 Å². The highest BCUT2D eigenvalue weighted by Crippen LogP contribution is 2.33. The quantitative estimate of drug-likeness (QED) is 0.474. The normalized spacial score (nSPS) is 12.5. The fraction of sp³-hybridized carbons (Fsp3) is 0.273. The van der Waals surface area contributed by atoms with Crippen LogP contribution in [0.15, 0.2) is 54.6 Å². The van der Waals surface area contributed by atoms with Gasteiger partial charge in [-0.1, -0.05) is 55.8 Å². The van der Waals surface area contributed by atoms with Gasteiger partial charge in [0, 0.05) is 11.8 Å². The van der Waals surface area contributed by atoms with Crippen molar-refractivity contribution in [3.05, 3.63) is 70.9 Å². The van der Waals surface area contributed by atoms with Gasteiger partial charge in [0.05, 0.1) is 10.7 Å². The summed E-state index contributed by atoms with van der Waals surface area (Å²) >= 11 is 6.11. The van der Waals surface area contributed by atoms with Crippen molar-refractivity contribution in [1.82, 2.24) is 9.78 Å². The van der Waals surface area contributed by atoms with Crippen molar-refractivity contribution >= 4 is 23.2 Å². The fourth-order valence-corrected chi connectivity index (χ4v) is 3.20. The van der Waals surface area contributed by atoms with Gasteiger partial charge < -0.3 is 10.1 Å². The molecule has 0 fully saturated rings. The van der Waals surface area contributed by atoms with E-state index in [9.17, 15) is 18.0 Å². The predicted octanol–water partition coefficient (Wildman–Crippen LogP) is 6.08. The van der Waals surface area contributed by atoms with Crippen LogP contribution in [-0.4, -0.2) is 22.3 Å². The van der Waals surface area contributed by atoms with E-state index < -0.39 is 24.4 Å². The minimum Gasteiger partial charge on any atom is -0.467 e. The van der Waals surface area contributed by atoms with Crippen LogP contribution in [0.4, 0.5) is 18.9 Å². The Morgan fingerprint density at radius 1 is 1.19 bits per heavy atom. The molecule has 0 aliphatic rings. The average molecular weight is 452 g/mol. The lowest BCUT2D eigenvalue weighted by molar-refractivity contribution is -0.141. The van der Waals surface area contributed by atoms with Crippen LogP contribution < -0.4 is 10.1 Å². The summed E-state index contributed by atoms with van der Waals surface area (Å²) in [4.78, 5) is 12.5. The van der Waals surface area contributed by atoms with Crippen molar-refractivity contribution in [3.63, 3.8) is 0 Å². The van der Waals surface area contributed by atoms with Gasteiger partial charge in [-0.2, -0.15) is 23.0 Å². The lowest BCUT2D eigenvalue weighted by atomic mass is 9.97. The maximum absolute atomic E-state index is 13.2. The van der Waals surface area contributed by atoms with Crippen LogP contribution in [0.3, 0.4) is 0 Å². The third-order valence-electron chi connectivity index (χ3n) is 4.78. The molecule has 164 valence electrons. The number of nitrogens with one attached hydrogen (secondary N) is 1. The molecule has 1 unspecified atom stereocenters. The third-order valence-corrected chi connectivity index (χ3v) is 5.10. The summed E-state index contributed by atoms with van der Waals surface area (Å²) in [5.41, 5.74) is 0.669. The molecule has 0 spiro atoms. The Morgan fingerprint density at radius 3 is 2.55 bits per heavy atom. The number of benzene rings is 2. The highest BCUT2D eigenvalue weighted by atomic mass is 35.5. The fourth-order valence-electron chi connectivity index (χ4n) is 2.99. The Hall–Kier alpha value is -3.00. The Bertz CT molecular complexity index is 1070. The molecule has 3 rings (SSSR count). The lowest BCUT2D eigenvalue weighted by Gasteiger charge is -2.16. The number of halogens is 4. The van der Waals surface area contributed by atoms with E-state index in [1.807, 2.05) is 26.0 Å². The SMILES string of the molecule is CCC(C)c1ccccc1NC(=O)COc1cc(C(F)(F)F)nn1-c1ccccc1Cl. The molecule has 0 aliphatic carbocycles. The molecule has 1 atom stereocenters. The van der Waals surface area contributed by atoms with Crippen molar-refractivity contribution in [3.8, 4) is 11.6 Å². The number of aromatic nitrogens is 2. The lowest BCUT2D eigenvalue weighted by Crippen LogP contribution is -2.22. The number of rotatable bonds is 7. The molecular formula is C22H21ClF3N3O2. The van der Waals surface area contributed by atoms with Gasteiger partial charge in [0.1, 0.15) is 0 Å². The first-order chi connectivity index (χ1) is 14.7. The zero-order chi connectivity index (χ0) is 22.6. The van der Waals surface area contributed by atoms with E-state index in [-0.39, 0.29) is 22.5 Å². The number of hydrogen-bond acceptors (Lipinski definition) is 3. The first-order valence-corrected chi connectivity index (χ1v) is 10.0. The van der Waals surface area contributed by atoms with Crippen LogP contribution in [0.2, 0.25) is 5.02 Å². The first kappa shape index (κ1) is 22.7. The van der Waals surface area contributed by atoms with Gasteiger partial charge in [-0.25, -0.2) is 0 Å². The predicted molar refractivity (Wildman–Crippen MR) is 113 cm³/mol.